The largest absolute Gasteiger partial charge is 0.459 e. The topological polar surface area (TPSA) is 88.1 Å². The van der Waals surface area contributed by atoms with Crippen molar-refractivity contribution in [2.24, 2.45) is 11.8 Å². The maximum atomic E-state index is 12.2. The molecule has 0 aromatic rings. The van der Waals surface area contributed by atoms with Crippen molar-refractivity contribution in [2.45, 2.75) is 38.1 Å². The molecule has 1 aliphatic carbocycles. The molecule has 5 rings (SSSR count). The molecule has 0 aromatic carbocycles. The second-order valence-corrected chi connectivity index (χ2v) is 5.83. The van der Waals surface area contributed by atoms with Crippen molar-refractivity contribution >= 4 is 17.9 Å². The summed E-state index contributed by atoms with van der Waals surface area (Å²) in [5, 5.41) is 0. The number of carbonyl (C=O) groups is 3. The van der Waals surface area contributed by atoms with Gasteiger partial charge in [0.25, 0.3) is 5.79 Å². The summed E-state index contributed by atoms with van der Waals surface area (Å²) in [6.45, 7) is 2.51. The zero-order valence-corrected chi connectivity index (χ0v) is 11.3. The van der Waals surface area contributed by atoms with Gasteiger partial charge >= 0.3 is 17.9 Å². The van der Waals surface area contributed by atoms with E-state index in [0.717, 1.165) is 0 Å². The lowest BCUT2D eigenvalue weighted by Gasteiger charge is -2.56. The van der Waals surface area contributed by atoms with Gasteiger partial charge in [0, 0.05) is 13.3 Å². The van der Waals surface area contributed by atoms with Gasteiger partial charge < -0.3 is 18.9 Å². The molecular formula is C13H16O7. The van der Waals surface area contributed by atoms with E-state index in [0.29, 0.717) is 6.42 Å². The SMILES string of the molecule is CC(=O)OC[C@]12COC(=O)C[C@@H]3C[C@](C)(O1)[C@@H]3C(=O)O2. The molecule has 0 aromatic heterocycles. The Morgan fingerprint density at radius 1 is 1.45 bits per heavy atom. The number of carbonyl (C=O) groups excluding carboxylic acids is 3. The summed E-state index contributed by atoms with van der Waals surface area (Å²) in [7, 11) is 0. The Hall–Kier alpha value is -1.63. The maximum absolute atomic E-state index is 12.2. The minimum Gasteiger partial charge on any atom is -0.459 e. The predicted octanol–water partition coefficient (Wildman–Crippen LogP) is 0.161. The number of ether oxygens (including phenoxy) is 4. The van der Waals surface area contributed by atoms with E-state index in [2.05, 4.69) is 0 Å². The van der Waals surface area contributed by atoms with E-state index in [4.69, 9.17) is 18.9 Å². The molecule has 4 aliphatic heterocycles. The minimum absolute atomic E-state index is 0.107. The van der Waals surface area contributed by atoms with Gasteiger partial charge in [-0.3, -0.25) is 14.4 Å². The number of fused-ring (bicyclic) bond motifs is 1. The highest BCUT2D eigenvalue weighted by atomic mass is 16.8. The van der Waals surface area contributed by atoms with Crippen LogP contribution in [0.1, 0.15) is 26.7 Å². The highest BCUT2D eigenvalue weighted by molar-refractivity contribution is 5.79. The highest BCUT2D eigenvalue weighted by Crippen LogP contribution is 2.54. The van der Waals surface area contributed by atoms with Crippen LogP contribution in [0.5, 0.6) is 0 Å². The fraction of sp³-hybridized carbons (Fsp3) is 0.769. The minimum atomic E-state index is -1.53. The first-order valence-corrected chi connectivity index (χ1v) is 6.56. The van der Waals surface area contributed by atoms with Crippen LogP contribution in [0.2, 0.25) is 0 Å². The second kappa shape index (κ2) is 4.18. The average molecular weight is 284 g/mol. The Labute approximate surface area is 115 Å². The molecule has 5 fully saturated rings. The van der Waals surface area contributed by atoms with Crippen molar-refractivity contribution in [3.63, 3.8) is 0 Å². The molecule has 0 N–H and O–H groups in total. The summed E-state index contributed by atoms with van der Waals surface area (Å²) >= 11 is 0. The van der Waals surface area contributed by atoms with Crippen molar-refractivity contribution in [1.82, 2.24) is 0 Å². The third-order valence-electron chi connectivity index (χ3n) is 4.13. The van der Waals surface area contributed by atoms with Crippen LogP contribution in [0.15, 0.2) is 0 Å². The molecule has 20 heavy (non-hydrogen) atoms. The van der Waals surface area contributed by atoms with Crippen molar-refractivity contribution in [2.75, 3.05) is 13.2 Å². The summed E-state index contributed by atoms with van der Waals surface area (Å²) in [5.41, 5.74) is -0.686. The Kier molecular flexibility index (Phi) is 2.79. The highest BCUT2D eigenvalue weighted by Gasteiger charge is 2.66. The third kappa shape index (κ3) is 1.96. The number of rotatable bonds is 2. The summed E-state index contributed by atoms with van der Waals surface area (Å²) in [6, 6.07) is 0. The van der Waals surface area contributed by atoms with Gasteiger partial charge in [-0.05, 0) is 19.3 Å². The molecule has 5 aliphatic rings. The first kappa shape index (κ1) is 13.4. The fourth-order valence-electron chi connectivity index (χ4n) is 3.37. The van der Waals surface area contributed by atoms with E-state index in [1.807, 2.05) is 6.92 Å². The predicted molar refractivity (Wildman–Crippen MR) is 62.1 cm³/mol. The third-order valence-corrected chi connectivity index (χ3v) is 4.13. The Morgan fingerprint density at radius 2 is 2.20 bits per heavy atom. The number of hydrogen-bond donors (Lipinski definition) is 0. The fourth-order valence-corrected chi connectivity index (χ4v) is 3.37. The summed E-state index contributed by atoms with van der Waals surface area (Å²) in [5.74, 6) is -3.43. The average Bonchev–Trinajstić information content (AvgIpc) is 2.40. The van der Waals surface area contributed by atoms with E-state index in [-0.39, 0.29) is 25.6 Å². The molecule has 0 radical (unpaired) electrons. The molecule has 4 atom stereocenters. The van der Waals surface area contributed by atoms with Crippen LogP contribution in [-0.2, 0) is 33.3 Å². The van der Waals surface area contributed by atoms with Gasteiger partial charge in [-0.25, -0.2) is 0 Å². The van der Waals surface area contributed by atoms with E-state index in [1.165, 1.54) is 6.92 Å². The standard InChI is InChI=1S/C13H16O7/c1-7(14)17-5-13-6-18-9(15)3-8-4-12(2,20-13)10(8)11(16)19-13/h8,10H,3-6H2,1-2H3/t8-,10+,12+,13-/m1/s1. The van der Waals surface area contributed by atoms with Crippen LogP contribution in [0, 0.1) is 11.8 Å². The summed E-state index contributed by atoms with van der Waals surface area (Å²) in [6.07, 6.45) is 0.770. The molecule has 0 amide bonds. The molecule has 0 unspecified atom stereocenters. The van der Waals surface area contributed by atoms with Crippen LogP contribution in [0.25, 0.3) is 0 Å². The summed E-state index contributed by atoms with van der Waals surface area (Å²) in [4.78, 5) is 34.8. The molecule has 0 spiro atoms. The molecule has 4 heterocycles. The second-order valence-electron chi connectivity index (χ2n) is 5.83. The van der Waals surface area contributed by atoms with Crippen molar-refractivity contribution < 1.29 is 33.3 Å². The van der Waals surface area contributed by atoms with Gasteiger partial charge in [0.2, 0.25) is 0 Å². The number of hydrogen-bond acceptors (Lipinski definition) is 7. The first-order chi connectivity index (χ1) is 9.34. The quantitative estimate of drug-likeness (QED) is 0.527. The monoisotopic (exact) mass is 284 g/mol. The van der Waals surface area contributed by atoms with Crippen molar-refractivity contribution in [3.8, 4) is 0 Å². The van der Waals surface area contributed by atoms with Gasteiger partial charge in [-0.1, -0.05) is 0 Å². The van der Waals surface area contributed by atoms with Crippen molar-refractivity contribution in [1.29, 1.82) is 0 Å². The van der Waals surface area contributed by atoms with Gasteiger partial charge in [0.15, 0.2) is 13.2 Å². The lowest BCUT2D eigenvalue weighted by Crippen LogP contribution is -2.68. The Morgan fingerprint density at radius 3 is 2.85 bits per heavy atom. The lowest BCUT2D eigenvalue weighted by atomic mass is 9.60. The maximum Gasteiger partial charge on any atom is 0.314 e. The molecule has 4 bridgehead atoms. The smallest absolute Gasteiger partial charge is 0.314 e. The molecule has 1 saturated carbocycles. The van der Waals surface area contributed by atoms with E-state index < -0.39 is 35.2 Å². The molecule has 7 heteroatoms. The van der Waals surface area contributed by atoms with Gasteiger partial charge in [-0.15, -0.1) is 0 Å². The van der Waals surface area contributed by atoms with E-state index in [1.54, 1.807) is 0 Å². The Bertz CT molecular complexity index is 487. The summed E-state index contributed by atoms with van der Waals surface area (Å²) < 4.78 is 21.2. The van der Waals surface area contributed by atoms with Crippen LogP contribution in [0.4, 0.5) is 0 Å². The zero-order valence-electron chi connectivity index (χ0n) is 11.3. The van der Waals surface area contributed by atoms with Crippen LogP contribution in [0.3, 0.4) is 0 Å². The van der Waals surface area contributed by atoms with E-state index in [9.17, 15) is 14.4 Å². The molecular weight excluding hydrogens is 268 g/mol. The van der Waals surface area contributed by atoms with Gasteiger partial charge in [0.05, 0.1) is 11.5 Å². The lowest BCUT2D eigenvalue weighted by molar-refractivity contribution is -0.360. The zero-order chi connectivity index (χ0) is 14.5. The normalized spacial score (nSPS) is 42.5. The van der Waals surface area contributed by atoms with Crippen molar-refractivity contribution in [3.05, 3.63) is 0 Å². The molecule has 4 saturated heterocycles. The Balaban J connectivity index is 1.90. The molecule has 110 valence electrons. The van der Waals surface area contributed by atoms with Crippen LogP contribution < -0.4 is 0 Å². The van der Waals surface area contributed by atoms with Gasteiger partial charge in [0.1, 0.15) is 0 Å². The van der Waals surface area contributed by atoms with Crippen LogP contribution >= 0.6 is 0 Å². The van der Waals surface area contributed by atoms with E-state index >= 15 is 0 Å². The van der Waals surface area contributed by atoms with Crippen LogP contribution in [-0.4, -0.2) is 42.5 Å². The number of esters is 3. The molecule has 7 nitrogen and oxygen atoms in total. The van der Waals surface area contributed by atoms with Gasteiger partial charge in [-0.2, -0.15) is 0 Å². The first-order valence-electron chi connectivity index (χ1n) is 6.56.